The standard InChI is InChI=1S/C8H12N4O3S/c9-6-5(7(10)15)8(16-11-6)12-1-3(13)4(14)2-12/h3-4,13-14H,1-2H2,(H2,9,11)(H2,10,15). The average Bonchev–Trinajstić information content (AvgIpc) is 2.71. The van der Waals surface area contributed by atoms with Gasteiger partial charge in [-0.3, -0.25) is 4.79 Å². The molecule has 6 N–H and O–H groups in total. The molecule has 0 radical (unpaired) electrons. The lowest BCUT2D eigenvalue weighted by Crippen LogP contribution is -2.24. The van der Waals surface area contributed by atoms with Crippen molar-refractivity contribution >= 4 is 28.3 Å². The second kappa shape index (κ2) is 3.89. The van der Waals surface area contributed by atoms with E-state index < -0.39 is 18.1 Å². The van der Waals surface area contributed by atoms with E-state index in [1.54, 1.807) is 4.90 Å². The molecule has 2 atom stereocenters. The summed E-state index contributed by atoms with van der Waals surface area (Å²) in [4.78, 5) is 12.8. The Hall–Kier alpha value is -1.38. The Balaban J connectivity index is 2.31. The van der Waals surface area contributed by atoms with Gasteiger partial charge in [-0.25, -0.2) is 0 Å². The number of carbonyl (C=O) groups is 1. The summed E-state index contributed by atoms with van der Waals surface area (Å²) >= 11 is 1.03. The molecule has 0 saturated carbocycles. The zero-order valence-corrected chi connectivity index (χ0v) is 9.15. The Bertz CT molecular complexity index is 411. The fourth-order valence-corrected chi connectivity index (χ4v) is 2.51. The molecule has 1 amide bonds. The number of aliphatic hydroxyl groups is 2. The van der Waals surface area contributed by atoms with Gasteiger partial charge < -0.3 is 26.6 Å². The second-order valence-corrected chi connectivity index (χ2v) is 4.40. The monoisotopic (exact) mass is 244 g/mol. The highest BCUT2D eigenvalue weighted by Gasteiger charge is 2.33. The van der Waals surface area contributed by atoms with Crippen molar-refractivity contribution < 1.29 is 15.0 Å². The van der Waals surface area contributed by atoms with Gasteiger partial charge in [0, 0.05) is 13.1 Å². The summed E-state index contributed by atoms with van der Waals surface area (Å²) in [5.41, 5.74) is 10.9. The van der Waals surface area contributed by atoms with Gasteiger partial charge in [-0.2, -0.15) is 4.37 Å². The second-order valence-electron chi connectivity index (χ2n) is 3.65. The average molecular weight is 244 g/mol. The lowest BCUT2D eigenvalue weighted by atomic mass is 10.3. The summed E-state index contributed by atoms with van der Waals surface area (Å²) in [6.07, 6.45) is -1.66. The van der Waals surface area contributed by atoms with Crippen molar-refractivity contribution in [3.63, 3.8) is 0 Å². The van der Waals surface area contributed by atoms with Crippen LogP contribution in [-0.4, -0.2) is 45.8 Å². The number of carbonyl (C=O) groups excluding carboxylic acids is 1. The van der Waals surface area contributed by atoms with E-state index in [-0.39, 0.29) is 24.5 Å². The number of hydrogen-bond acceptors (Lipinski definition) is 7. The van der Waals surface area contributed by atoms with Crippen LogP contribution in [0, 0.1) is 0 Å². The van der Waals surface area contributed by atoms with E-state index in [0.29, 0.717) is 5.00 Å². The van der Waals surface area contributed by atoms with E-state index in [4.69, 9.17) is 11.5 Å². The van der Waals surface area contributed by atoms with Crippen LogP contribution in [0.2, 0.25) is 0 Å². The van der Waals surface area contributed by atoms with Crippen molar-refractivity contribution in [3.05, 3.63) is 5.56 Å². The van der Waals surface area contributed by atoms with Crippen LogP contribution in [0.3, 0.4) is 0 Å². The molecular formula is C8H12N4O3S. The molecule has 0 spiro atoms. The number of nitrogens with zero attached hydrogens (tertiary/aromatic N) is 2. The number of β-amino-alcohol motifs (C(OH)–C–C–N with tert-alkyl or cyclic N) is 2. The van der Waals surface area contributed by atoms with Crippen molar-refractivity contribution in [2.24, 2.45) is 5.73 Å². The predicted octanol–water partition coefficient (Wildman–Crippen LogP) is -1.63. The maximum Gasteiger partial charge on any atom is 0.255 e. The maximum atomic E-state index is 11.2. The quantitative estimate of drug-likeness (QED) is 0.494. The van der Waals surface area contributed by atoms with E-state index in [1.165, 1.54) is 0 Å². The van der Waals surface area contributed by atoms with Crippen LogP contribution in [0.25, 0.3) is 0 Å². The topological polar surface area (TPSA) is 126 Å². The highest BCUT2D eigenvalue weighted by atomic mass is 32.1. The number of nitrogens with two attached hydrogens (primary N) is 2. The molecule has 1 saturated heterocycles. The molecule has 0 bridgehead atoms. The number of anilines is 2. The number of hydrogen-bond donors (Lipinski definition) is 4. The first-order chi connectivity index (χ1) is 7.50. The van der Waals surface area contributed by atoms with Gasteiger partial charge in [-0.15, -0.1) is 0 Å². The van der Waals surface area contributed by atoms with Gasteiger partial charge in [0.1, 0.15) is 10.6 Å². The molecule has 0 aromatic carbocycles. The van der Waals surface area contributed by atoms with Crippen LogP contribution < -0.4 is 16.4 Å². The molecule has 1 aromatic heterocycles. The molecule has 1 aliphatic rings. The van der Waals surface area contributed by atoms with Crippen LogP contribution >= 0.6 is 11.5 Å². The summed E-state index contributed by atoms with van der Waals surface area (Å²) in [7, 11) is 0. The number of amides is 1. The van der Waals surface area contributed by atoms with Gasteiger partial charge in [0.25, 0.3) is 5.91 Å². The fourth-order valence-electron chi connectivity index (χ4n) is 1.68. The van der Waals surface area contributed by atoms with Gasteiger partial charge >= 0.3 is 0 Å². The molecule has 2 rings (SSSR count). The van der Waals surface area contributed by atoms with E-state index in [0.717, 1.165) is 11.5 Å². The summed E-state index contributed by atoms with van der Waals surface area (Å²) in [6, 6.07) is 0. The zero-order chi connectivity index (χ0) is 11.9. The number of aromatic nitrogens is 1. The van der Waals surface area contributed by atoms with Crippen LogP contribution in [-0.2, 0) is 0 Å². The van der Waals surface area contributed by atoms with Crippen LogP contribution in [0.15, 0.2) is 0 Å². The molecule has 2 heterocycles. The molecular weight excluding hydrogens is 232 g/mol. The first-order valence-corrected chi connectivity index (χ1v) is 5.44. The number of rotatable bonds is 2. The third-order valence-corrected chi connectivity index (χ3v) is 3.42. The summed E-state index contributed by atoms with van der Waals surface area (Å²) < 4.78 is 3.85. The van der Waals surface area contributed by atoms with Crippen LogP contribution in [0.4, 0.5) is 10.8 Å². The number of aliphatic hydroxyl groups excluding tert-OH is 2. The van der Waals surface area contributed by atoms with E-state index in [2.05, 4.69) is 4.37 Å². The fraction of sp³-hybridized carbons (Fsp3) is 0.500. The van der Waals surface area contributed by atoms with E-state index in [9.17, 15) is 15.0 Å². The lowest BCUT2D eigenvalue weighted by molar-refractivity contribution is 0.0572. The van der Waals surface area contributed by atoms with Crippen LogP contribution in [0.1, 0.15) is 10.4 Å². The minimum absolute atomic E-state index is 0.0865. The Morgan fingerprint density at radius 3 is 2.50 bits per heavy atom. The smallest absolute Gasteiger partial charge is 0.255 e. The van der Waals surface area contributed by atoms with Crippen molar-refractivity contribution in [1.82, 2.24) is 4.37 Å². The molecule has 16 heavy (non-hydrogen) atoms. The number of primary amides is 1. The van der Waals surface area contributed by atoms with Crippen LogP contribution in [0.5, 0.6) is 0 Å². The first-order valence-electron chi connectivity index (χ1n) is 4.66. The van der Waals surface area contributed by atoms with E-state index >= 15 is 0 Å². The largest absolute Gasteiger partial charge is 0.389 e. The predicted molar refractivity (Wildman–Crippen MR) is 59.3 cm³/mol. The Kier molecular flexibility index (Phi) is 2.70. The normalized spacial score (nSPS) is 25.0. The van der Waals surface area contributed by atoms with Gasteiger partial charge in [-0.1, -0.05) is 0 Å². The zero-order valence-electron chi connectivity index (χ0n) is 8.33. The minimum Gasteiger partial charge on any atom is -0.389 e. The van der Waals surface area contributed by atoms with E-state index in [1.807, 2.05) is 0 Å². The molecule has 1 aliphatic heterocycles. The Morgan fingerprint density at radius 1 is 1.44 bits per heavy atom. The first kappa shape index (κ1) is 11.1. The molecule has 2 unspecified atom stereocenters. The molecule has 0 aliphatic carbocycles. The van der Waals surface area contributed by atoms with Gasteiger partial charge in [0.2, 0.25) is 0 Å². The molecule has 8 heteroatoms. The number of nitrogen functional groups attached to an aromatic ring is 1. The Labute approximate surface area is 95.4 Å². The lowest BCUT2D eigenvalue weighted by Gasteiger charge is -2.15. The molecule has 1 aromatic rings. The summed E-state index contributed by atoms with van der Waals surface area (Å²) in [5.74, 6) is -0.569. The Morgan fingerprint density at radius 2 is 2.00 bits per heavy atom. The maximum absolute atomic E-state index is 11.2. The van der Waals surface area contributed by atoms with Crippen molar-refractivity contribution in [3.8, 4) is 0 Å². The third kappa shape index (κ3) is 1.70. The van der Waals surface area contributed by atoms with Crippen molar-refractivity contribution in [2.45, 2.75) is 12.2 Å². The minimum atomic E-state index is -0.830. The summed E-state index contributed by atoms with van der Waals surface area (Å²) in [5, 5.41) is 19.3. The van der Waals surface area contributed by atoms with Crippen molar-refractivity contribution in [1.29, 1.82) is 0 Å². The highest BCUT2D eigenvalue weighted by Crippen LogP contribution is 2.32. The summed E-state index contributed by atoms with van der Waals surface area (Å²) in [6.45, 7) is 0.478. The SMILES string of the molecule is NC(=O)c1c(N)nsc1N1CC(O)C(O)C1. The van der Waals surface area contributed by atoms with Gasteiger partial charge in [-0.05, 0) is 11.5 Å². The van der Waals surface area contributed by atoms with Gasteiger partial charge in [0.15, 0.2) is 5.82 Å². The molecule has 88 valence electrons. The third-order valence-electron chi connectivity index (χ3n) is 2.49. The van der Waals surface area contributed by atoms with Crippen molar-refractivity contribution in [2.75, 3.05) is 23.7 Å². The molecule has 7 nitrogen and oxygen atoms in total. The van der Waals surface area contributed by atoms with Gasteiger partial charge in [0.05, 0.1) is 12.2 Å². The molecule has 1 fully saturated rings. The highest BCUT2D eigenvalue weighted by molar-refractivity contribution is 7.11.